The third-order valence-electron chi connectivity index (χ3n) is 2.69. The van der Waals surface area contributed by atoms with E-state index in [9.17, 15) is 0 Å². The van der Waals surface area contributed by atoms with Crippen LogP contribution < -0.4 is 11.1 Å². The molecule has 100 valence electrons. The highest BCUT2D eigenvalue weighted by Gasteiger charge is 2.04. The Hall–Kier alpha value is -2.96. The third kappa shape index (κ3) is 2.72. The van der Waals surface area contributed by atoms with Crippen molar-refractivity contribution in [2.75, 3.05) is 11.1 Å². The predicted octanol–water partition coefficient (Wildman–Crippen LogP) is 1.25. The maximum atomic E-state index is 5.72. The number of nitrogens with zero attached hydrogens (tertiary/aromatic N) is 5. The third-order valence-corrected chi connectivity index (χ3v) is 2.69. The maximum Gasteiger partial charge on any atom is 0.224 e. The average molecular weight is 267 g/mol. The molecule has 7 nitrogen and oxygen atoms in total. The summed E-state index contributed by atoms with van der Waals surface area (Å²) in [5, 5.41) is 7.33. The molecule has 0 aromatic carbocycles. The van der Waals surface area contributed by atoms with Crippen LogP contribution in [-0.4, -0.2) is 24.7 Å². The van der Waals surface area contributed by atoms with Crippen LogP contribution in [-0.2, 0) is 6.54 Å². The van der Waals surface area contributed by atoms with Crippen LogP contribution in [0.1, 0.15) is 5.56 Å². The highest BCUT2D eigenvalue weighted by molar-refractivity contribution is 5.45. The molecule has 0 saturated carbocycles. The first-order valence-electron chi connectivity index (χ1n) is 6.08. The lowest BCUT2D eigenvalue weighted by molar-refractivity contribution is 0.842. The molecule has 0 bridgehead atoms. The summed E-state index contributed by atoms with van der Waals surface area (Å²) in [6, 6.07) is 7.49. The van der Waals surface area contributed by atoms with Crippen molar-refractivity contribution in [3.8, 4) is 5.82 Å². The first-order chi connectivity index (χ1) is 9.81. The normalized spacial score (nSPS) is 10.4. The van der Waals surface area contributed by atoms with Gasteiger partial charge in [0.15, 0.2) is 5.82 Å². The van der Waals surface area contributed by atoms with Crippen molar-refractivity contribution in [1.29, 1.82) is 0 Å². The monoisotopic (exact) mass is 267 g/mol. The minimum Gasteiger partial charge on any atom is -0.368 e. The van der Waals surface area contributed by atoms with Crippen molar-refractivity contribution < 1.29 is 0 Å². The van der Waals surface area contributed by atoms with Crippen LogP contribution in [0.5, 0.6) is 0 Å². The van der Waals surface area contributed by atoms with Gasteiger partial charge in [0.05, 0.1) is 0 Å². The van der Waals surface area contributed by atoms with Crippen molar-refractivity contribution in [2.24, 2.45) is 0 Å². The molecule has 3 heterocycles. The van der Waals surface area contributed by atoms with E-state index in [0.29, 0.717) is 18.2 Å². The van der Waals surface area contributed by atoms with Gasteiger partial charge in [-0.05, 0) is 23.8 Å². The molecule has 3 aromatic heterocycles. The van der Waals surface area contributed by atoms with Gasteiger partial charge in [0.2, 0.25) is 5.95 Å². The first kappa shape index (κ1) is 12.1. The molecule has 0 amide bonds. The largest absolute Gasteiger partial charge is 0.368 e. The molecule has 0 radical (unpaired) electrons. The molecule has 3 aromatic rings. The van der Waals surface area contributed by atoms with Gasteiger partial charge in [-0.15, -0.1) is 0 Å². The molecule has 0 unspecified atom stereocenters. The number of hydrogen-bond acceptors (Lipinski definition) is 6. The van der Waals surface area contributed by atoms with E-state index in [4.69, 9.17) is 5.73 Å². The summed E-state index contributed by atoms with van der Waals surface area (Å²) < 4.78 is 1.63. The number of pyridine rings is 1. The molecule has 3 N–H and O–H groups in total. The Labute approximate surface area is 115 Å². The standard InChI is InChI=1S/C13H13N7/c14-13-18-11(16-9-10-2-5-15-6-3-10)8-12(19-13)20-7-1-4-17-20/h1-8H,9H2,(H3,14,16,18,19). The Bertz CT molecular complexity index is 679. The van der Waals surface area contributed by atoms with Crippen molar-refractivity contribution in [2.45, 2.75) is 6.54 Å². The molecule has 0 aliphatic heterocycles. The van der Waals surface area contributed by atoms with Crippen LogP contribution >= 0.6 is 0 Å². The molecule has 0 spiro atoms. The predicted molar refractivity (Wildman–Crippen MR) is 75.1 cm³/mol. The van der Waals surface area contributed by atoms with Crippen molar-refractivity contribution in [1.82, 2.24) is 24.7 Å². The summed E-state index contributed by atoms with van der Waals surface area (Å²) in [7, 11) is 0. The van der Waals surface area contributed by atoms with Crippen LogP contribution in [0.4, 0.5) is 11.8 Å². The molecule has 0 fully saturated rings. The number of aromatic nitrogens is 5. The fraction of sp³-hybridized carbons (Fsp3) is 0.0769. The number of anilines is 2. The molecule has 0 saturated heterocycles. The van der Waals surface area contributed by atoms with Gasteiger partial charge in [0, 0.05) is 37.4 Å². The number of nitrogens with two attached hydrogens (primary N) is 1. The SMILES string of the molecule is Nc1nc(NCc2ccncc2)cc(-n2cccn2)n1. The van der Waals surface area contributed by atoms with Gasteiger partial charge in [0.25, 0.3) is 0 Å². The lowest BCUT2D eigenvalue weighted by atomic mass is 10.3. The molecule has 0 atom stereocenters. The summed E-state index contributed by atoms with van der Waals surface area (Å²) >= 11 is 0. The summed E-state index contributed by atoms with van der Waals surface area (Å²) in [5.74, 6) is 1.48. The summed E-state index contributed by atoms with van der Waals surface area (Å²) in [6.45, 7) is 0.636. The Morgan fingerprint density at radius 3 is 2.75 bits per heavy atom. The fourth-order valence-electron chi connectivity index (χ4n) is 1.76. The van der Waals surface area contributed by atoms with Gasteiger partial charge >= 0.3 is 0 Å². The molecule has 3 rings (SSSR count). The quantitative estimate of drug-likeness (QED) is 0.738. The number of nitrogen functional groups attached to an aromatic ring is 1. The van der Waals surface area contributed by atoms with Gasteiger partial charge < -0.3 is 11.1 Å². The topological polar surface area (TPSA) is 94.5 Å². The van der Waals surface area contributed by atoms with Crippen molar-refractivity contribution >= 4 is 11.8 Å². The minimum absolute atomic E-state index is 0.204. The van der Waals surface area contributed by atoms with Crippen LogP contribution in [0.2, 0.25) is 0 Å². The zero-order valence-electron chi connectivity index (χ0n) is 10.6. The molecule has 20 heavy (non-hydrogen) atoms. The zero-order chi connectivity index (χ0) is 13.8. The average Bonchev–Trinajstić information content (AvgIpc) is 3.00. The van der Waals surface area contributed by atoms with Gasteiger partial charge in [-0.2, -0.15) is 15.1 Å². The molecule has 0 aliphatic rings. The zero-order valence-corrected chi connectivity index (χ0v) is 10.6. The van der Waals surface area contributed by atoms with E-state index in [0.717, 1.165) is 5.56 Å². The summed E-state index contributed by atoms with van der Waals surface area (Å²) in [4.78, 5) is 12.3. The van der Waals surface area contributed by atoms with E-state index in [1.165, 1.54) is 0 Å². The molecular formula is C13H13N7. The molecular weight excluding hydrogens is 254 g/mol. The van der Waals surface area contributed by atoms with E-state index in [1.807, 2.05) is 18.2 Å². The second-order valence-electron chi connectivity index (χ2n) is 4.13. The van der Waals surface area contributed by atoms with Crippen LogP contribution in [0.15, 0.2) is 49.1 Å². The van der Waals surface area contributed by atoms with Gasteiger partial charge in [-0.3, -0.25) is 4.98 Å². The fourth-order valence-corrected chi connectivity index (χ4v) is 1.76. The lowest BCUT2D eigenvalue weighted by Crippen LogP contribution is -2.08. The first-order valence-corrected chi connectivity index (χ1v) is 6.08. The Kier molecular flexibility index (Phi) is 3.24. The van der Waals surface area contributed by atoms with Crippen LogP contribution in [0.3, 0.4) is 0 Å². The Morgan fingerprint density at radius 2 is 2.00 bits per heavy atom. The van der Waals surface area contributed by atoms with E-state index < -0.39 is 0 Å². The second kappa shape index (κ2) is 5.35. The van der Waals surface area contributed by atoms with Crippen molar-refractivity contribution in [3.05, 3.63) is 54.6 Å². The second-order valence-corrected chi connectivity index (χ2v) is 4.13. The van der Waals surface area contributed by atoms with Gasteiger partial charge in [0.1, 0.15) is 5.82 Å². The van der Waals surface area contributed by atoms with E-state index in [1.54, 1.807) is 35.5 Å². The summed E-state index contributed by atoms with van der Waals surface area (Å²) in [6.07, 6.45) is 6.98. The Morgan fingerprint density at radius 1 is 1.15 bits per heavy atom. The van der Waals surface area contributed by atoms with E-state index in [2.05, 4.69) is 25.4 Å². The lowest BCUT2D eigenvalue weighted by Gasteiger charge is -2.08. The van der Waals surface area contributed by atoms with Crippen LogP contribution in [0, 0.1) is 0 Å². The highest BCUT2D eigenvalue weighted by atomic mass is 15.3. The van der Waals surface area contributed by atoms with E-state index in [-0.39, 0.29) is 5.95 Å². The molecule has 7 heteroatoms. The maximum absolute atomic E-state index is 5.72. The highest BCUT2D eigenvalue weighted by Crippen LogP contribution is 2.12. The number of nitrogens with one attached hydrogen (secondary N) is 1. The number of rotatable bonds is 4. The summed E-state index contributed by atoms with van der Waals surface area (Å²) in [5.41, 5.74) is 6.83. The minimum atomic E-state index is 0.204. The van der Waals surface area contributed by atoms with Gasteiger partial charge in [-0.1, -0.05) is 0 Å². The Balaban J connectivity index is 1.80. The van der Waals surface area contributed by atoms with Crippen molar-refractivity contribution in [3.63, 3.8) is 0 Å². The van der Waals surface area contributed by atoms with Gasteiger partial charge in [-0.25, -0.2) is 4.68 Å². The molecule has 0 aliphatic carbocycles. The number of hydrogen-bond donors (Lipinski definition) is 2. The van der Waals surface area contributed by atoms with Crippen LogP contribution in [0.25, 0.3) is 5.82 Å². The smallest absolute Gasteiger partial charge is 0.224 e. The van der Waals surface area contributed by atoms with E-state index >= 15 is 0 Å².